The number of hydrogen-bond donors (Lipinski definition) is 2. The fraction of sp³-hybridized carbons (Fsp3) is 0.923. The lowest BCUT2D eigenvalue weighted by Gasteiger charge is -2.18. The molecule has 2 fully saturated rings. The maximum absolute atomic E-state index is 12.1. The Morgan fingerprint density at radius 1 is 1.53 bits per heavy atom. The summed E-state index contributed by atoms with van der Waals surface area (Å²) in [5.41, 5.74) is 0. The molecule has 4 unspecified atom stereocenters. The molecule has 2 N–H and O–H groups in total. The standard InChI is InChI=1S/C13H24N2OS/c1-9(17-2)6-7-14-13(16)12-11-5-3-4-10(11)8-15-12/h9-12,15H,3-8H2,1-2H3,(H,14,16). The molecule has 0 bridgehead atoms. The molecule has 4 atom stereocenters. The van der Waals surface area contributed by atoms with Crippen LogP contribution in [0.15, 0.2) is 0 Å². The number of amides is 1. The fourth-order valence-electron chi connectivity index (χ4n) is 3.10. The van der Waals surface area contributed by atoms with E-state index in [2.05, 4.69) is 23.8 Å². The van der Waals surface area contributed by atoms with E-state index in [1.165, 1.54) is 19.3 Å². The van der Waals surface area contributed by atoms with Crippen molar-refractivity contribution < 1.29 is 4.79 Å². The first kappa shape index (κ1) is 13.2. The minimum absolute atomic E-state index is 0.0899. The van der Waals surface area contributed by atoms with Crippen LogP contribution in [-0.4, -0.2) is 36.5 Å². The SMILES string of the molecule is CSC(C)CCNC(=O)C1NCC2CCCC21. The molecule has 2 rings (SSSR count). The molecule has 98 valence electrons. The van der Waals surface area contributed by atoms with Crippen molar-refractivity contribution in [2.75, 3.05) is 19.3 Å². The van der Waals surface area contributed by atoms with E-state index in [1.54, 1.807) is 0 Å². The van der Waals surface area contributed by atoms with Crippen LogP contribution in [0.4, 0.5) is 0 Å². The van der Waals surface area contributed by atoms with Crippen LogP contribution >= 0.6 is 11.8 Å². The van der Waals surface area contributed by atoms with Crippen molar-refractivity contribution in [2.45, 2.75) is 43.9 Å². The molecule has 0 radical (unpaired) electrons. The van der Waals surface area contributed by atoms with Crippen molar-refractivity contribution in [1.29, 1.82) is 0 Å². The molecular weight excluding hydrogens is 232 g/mol. The van der Waals surface area contributed by atoms with Crippen molar-refractivity contribution in [3.8, 4) is 0 Å². The van der Waals surface area contributed by atoms with E-state index < -0.39 is 0 Å². The van der Waals surface area contributed by atoms with Crippen LogP contribution in [0.25, 0.3) is 0 Å². The number of rotatable bonds is 5. The molecule has 0 spiro atoms. The van der Waals surface area contributed by atoms with E-state index in [-0.39, 0.29) is 11.9 Å². The third kappa shape index (κ3) is 3.16. The zero-order valence-corrected chi connectivity index (χ0v) is 11.7. The van der Waals surface area contributed by atoms with Crippen LogP contribution in [0, 0.1) is 11.8 Å². The highest BCUT2D eigenvalue weighted by Crippen LogP contribution is 2.37. The Balaban J connectivity index is 1.73. The first-order valence-electron chi connectivity index (χ1n) is 6.76. The Morgan fingerprint density at radius 3 is 3.12 bits per heavy atom. The molecular formula is C13H24N2OS. The summed E-state index contributed by atoms with van der Waals surface area (Å²) in [4.78, 5) is 12.1. The summed E-state index contributed by atoms with van der Waals surface area (Å²) in [5.74, 6) is 1.59. The highest BCUT2D eigenvalue weighted by Gasteiger charge is 2.42. The van der Waals surface area contributed by atoms with Crippen molar-refractivity contribution in [3.05, 3.63) is 0 Å². The topological polar surface area (TPSA) is 41.1 Å². The molecule has 1 aliphatic heterocycles. The predicted molar refractivity (Wildman–Crippen MR) is 73.2 cm³/mol. The van der Waals surface area contributed by atoms with E-state index in [1.807, 2.05) is 11.8 Å². The highest BCUT2D eigenvalue weighted by molar-refractivity contribution is 7.99. The lowest BCUT2D eigenvalue weighted by atomic mass is 9.93. The first-order valence-corrected chi connectivity index (χ1v) is 8.05. The van der Waals surface area contributed by atoms with E-state index in [0.29, 0.717) is 11.2 Å². The summed E-state index contributed by atoms with van der Waals surface area (Å²) in [5, 5.41) is 7.11. The second-order valence-corrected chi connectivity index (χ2v) is 6.64. The Hall–Kier alpha value is -0.220. The molecule has 0 aromatic rings. The summed E-state index contributed by atoms with van der Waals surface area (Å²) in [6.07, 6.45) is 7.04. The maximum atomic E-state index is 12.1. The third-order valence-corrected chi connectivity index (χ3v) is 5.32. The average Bonchev–Trinajstić information content (AvgIpc) is 2.89. The van der Waals surface area contributed by atoms with Gasteiger partial charge in [-0.2, -0.15) is 11.8 Å². The highest BCUT2D eigenvalue weighted by atomic mass is 32.2. The average molecular weight is 256 g/mol. The van der Waals surface area contributed by atoms with Crippen LogP contribution in [0.2, 0.25) is 0 Å². The quantitative estimate of drug-likeness (QED) is 0.785. The summed E-state index contributed by atoms with van der Waals surface area (Å²) >= 11 is 1.86. The summed E-state index contributed by atoms with van der Waals surface area (Å²) in [7, 11) is 0. The van der Waals surface area contributed by atoms with Gasteiger partial charge >= 0.3 is 0 Å². The van der Waals surface area contributed by atoms with E-state index in [0.717, 1.165) is 25.4 Å². The lowest BCUT2D eigenvalue weighted by molar-refractivity contribution is -0.123. The van der Waals surface area contributed by atoms with E-state index >= 15 is 0 Å². The summed E-state index contributed by atoms with van der Waals surface area (Å²) < 4.78 is 0. The van der Waals surface area contributed by atoms with Crippen molar-refractivity contribution >= 4 is 17.7 Å². The van der Waals surface area contributed by atoms with Crippen molar-refractivity contribution in [1.82, 2.24) is 10.6 Å². The van der Waals surface area contributed by atoms with Gasteiger partial charge in [-0.05, 0) is 43.9 Å². The first-order chi connectivity index (χ1) is 8.22. The minimum Gasteiger partial charge on any atom is -0.355 e. The van der Waals surface area contributed by atoms with Gasteiger partial charge in [0.2, 0.25) is 5.91 Å². The van der Waals surface area contributed by atoms with E-state index in [9.17, 15) is 4.79 Å². The van der Waals surface area contributed by atoms with Gasteiger partial charge in [0.25, 0.3) is 0 Å². The van der Waals surface area contributed by atoms with Crippen molar-refractivity contribution in [2.24, 2.45) is 11.8 Å². The molecule has 0 aromatic heterocycles. The van der Waals surface area contributed by atoms with Gasteiger partial charge in [0, 0.05) is 11.8 Å². The number of carbonyl (C=O) groups excluding carboxylic acids is 1. The third-order valence-electron chi connectivity index (χ3n) is 4.28. The molecule has 1 aliphatic carbocycles. The van der Waals surface area contributed by atoms with Gasteiger partial charge < -0.3 is 10.6 Å². The second kappa shape index (κ2) is 6.10. The van der Waals surface area contributed by atoms with Crippen LogP contribution in [0.1, 0.15) is 32.6 Å². The normalized spacial score (nSPS) is 33.4. The molecule has 4 heteroatoms. The fourth-order valence-corrected chi connectivity index (χ4v) is 3.45. The Labute approximate surface area is 108 Å². The zero-order valence-electron chi connectivity index (χ0n) is 10.9. The van der Waals surface area contributed by atoms with Gasteiger partial charge in [0.15, 0.2) is 0 Å². The van der Waals surface area contributed by atoms with Gasteiger partial charge in [0.05, 0.1) is 6.04 Å². The Kier molecular flexibility index (Phi) is 4.74. The van der Waals surface area contributed by atoms with Crippen LogP contribution in [0.3, 0.4) is 0 Å². The van der Waals surface area contributed by atoms with Crippen LogP contribution < -0.4 is 10.6 Å². The monoisotopic (exact) mass is 256 g/mol. The molecule has 2 aliphatic rings. The number of nitrogens with one attached hydrogen (secondary N) is 2. The molecule has 1 heterocycles. The molecule has 17 heavy (non-hydrogen) atoms. The molecule has 1 saturated carbocycles. The van der Waals surface area contributed by atoms with E-state index in [4.69, 9.17) is 0 Å². The number of hydrogen-bond acceptors (Lipinski definition) is 3. The largest absolute Gasteiger partial charge is 0.355 e. The van der Waals surface area contributed by atoms with Gasteiger partial charge in [-0.1, -0.05) is 13.3 Å². The van der Waals surface area contributed by atoms with Gasteiger partial charge in [-0.25, -0.2) is 0 Å². The Morgan fingerprint density at radius 2 is 2.35 bits per heavy atom. The number of carbonyl (C=O) groups is 1. The summed E-state index contributed by atoms with van der Waals surface area (Å²) in [6.45, 7) is 4.07. The minimum atomic E-state index is 0.0899. The van der Waals surface area contributed by atoms with Gasteiger partial charge in [-0.15, -0.1) is 0 Å². The lowest BCUT2D eigenvalue weighted by Crippen LogP contribution is -2.44. The van der Waals surface area contributed by atoms with Gasteiger partial charge in [-0.3, -0.25) is 4.79 Å². The molecule has 1 saturated heterocycles. The molecule has 0 aromatic carbocycles. The molecule has 1 amide bonds. The van der Waals surface area contributed by atoms with Crippen molar-refractivity contribution in [3.63, 3.8) is 0 Å². The van der Waals surface area contributed by atoms with Crippen LogP contribution in [0.5, 0.6) is 0 Å². The Bertz CT molecular complexity index is 272. The zero-order chi connectivity index (χ0) is 12.3. The summed E-state index contributed by atoms with van der Waals surface area (Å²) in [6, 6.07) is 0.0899. The maximum Gasteiger partial charge on any atom is 0.237 e. The predicted octanol–water partition coefficient (Wildman–Crippen LogP) is 1.63. The van der Waals surface area contributed by atoms with Crippen LogP contribution in [-0.2, 0) is 4.79 Å². The second-order valence-electron chi connectivity index (χ2n) is 5.37. The molecule has 3 nitrogen and oxygen atoms in total. The van der Waals surface area contributed by atoms with Gasteiger partial charge in [0.1, 0.15) is 0 Å². The smallest absolute Gasteiger partial charge is 0.237 e. The number of thioether (sulfide) groups is 1. The number of fused-ring (bicyclic) bond motifs is 1.